The summed E-state index contributed by atoms with van der Waals surface area (Å²) in [6, 6.07) is 4.30. The molecule has 1 aromatic carbocycles. The predicted molar refractivity (Wildman–Crippen MR) is 86.7 cm³/mol. The van der Waals surface area contributed by atoms with Gasteiger partial charge in [-0.3, -0.25) is 0 Å². The van der Waals surface area contributed by atoms with Crippen LogP contribution in [0.1, 0.15) is 49.7 Å². The first-order valence-electron chi connectivity index (χ1n) is 8.29. The van der Waals surface area contributed by atoms with Gasteiger partial charge in [-0.2, -0.15) is 0 Å². The number of ether oxygens (including phenoxy) is 1. The van der Waals surface area contributed by atoms with Crippen molar-refractivity contribution in [1.82, 2.24) is 0 Å². The maximum absolute atomic E-state index is 11.1. The van der Waals surface area contributed by atoms with Crippen molar-refractivity contribution in [2.24, 2.45) is 11.8 Å². The highest BCUT2D eigenvalue weighted by atomic mass is 79.9. The molecule has 4 rings (SSSR count). The van der Waals surface area contributed by atoms with E-state index >= 15 is 0 Å². The third kappa shape index (κ3) is 2.87. The molecule has 0 bridgehead atoms. The maximum Gasteiger partial charge on any atom is 0.125 e. The summed E-state index contributed by atoms with van der Waals surface area (Å²) in [5.41, 5.74) is 1.96. The summed E-state index contributed by atoms with van der Waals surface area (Å²) >= 11 is 3.61. The summed E-state index contributed by atoms with van der Waals surface area (Å²) in [7, 11) is 0. The zero-order valence-electron chi connectivity index (χ0n) is 12.4. The lowest BCUT2D eigenvalue weighted by atomic mass is 9.73. The monoisotopic (exact) mass is 350 g/mol. The lowest BCUT2D eigenvalue weighted by molar-refractivity contribution is -0.0199. The molecule has 1 N–H and O–H groups in total. The zero-order chi connectivity index (χ0) is 14.4. The first kappa shape index (κ1) is 14.1. The molecular weight excluding hydrogens is 328 g/mol. The van der Waals surface area contributed by atoms with Gasteiger partial charge < -0.3 is 9.84 Å². The molecule has 2 atom stereocenters. The van der Waals surface area contributed by atoms with E-state index in [9.17, 15) is 5.11 Å². The minimum atomic E-state index is -0.522. The third-order valence-electron chi connectivity index (χ3n) is 5.49. The largest absolute Gasteiger partial charge is 0.493 e. The molecule has 21 heavy (non-hydrogen) atoms. The van der Waals surface area contributed by atoms with Gasteiger partial charge in [0, 0.05) is 17.3 Å². The van der Waals surface area contributed by atoms with Crippen molar-refractivity contribution < 1.29 is 9.84 Å². The van der Waals surface area contributed by atoms with Crippen LogP contribution in [0.3, 0.4) is 0 Å². The van der Waals surface area contributed by atoms with E-state index < -0.39 is 5.60 Å². The van der Waals surface area contributed by atoms with Crippen LogP contribution < -0.4 is 4.74 Å². The summed E-state index contributed by atoms with van der Waals surface area (Å²) in [5.74, 6) is 2.70. The van der Waals surface area contributed by atoms with Gasteiger partial charge in [-0.25, -0.2) is 0 Å². The Kier molecular flexibility index (Phi) is 3.54. The van der Waals surface area contributed by atoms with Crippen LogP contribution in [0.25, 0.3) is 0 Å². The first-order chi connectivity index (χ1) is 10.1. The number of fused-ring (bicyclic) bond motifs is 1. The van der Waals surface area contributed by atoms with Gasteiger partial charge in [-0.15, -0.1) is 0 Å². The van der Waals surface area contributed by atoms with Gasteiger partial charge in [-0.05, 0) is 67.2 Å². The van der Waals surface area contributed by atoms with E-state index in [1.807, 2.05) is 0 Å². The van der Waals surface area contributed by atoms with Gasteiger partial charge in [0.05, 0.1) is 12.2 Å². The zero-order valence-corrected chi connectivity index (χ0v) is 14.0. The third-order valence-corrected chi connectivity index (χ3v) is 5.95. The fraction of sp³-hybridized carbons (Fsp3) is 0.667. The van der Waals surface area contributed by atoms with Gasteiger partial charge in [-0.1, -0.05) is 22.4 Å². The Morgan fingerprint density at radius 2 is 2.10 bits per heavy atom. The van der Waals surface area contributed by atoms with E-state index in [1.54, 1.807) is 0 Å². The highest BCUT2D eigenvalue weighted by molar-refractivity contribution is 9.10. The summed E-state index contributed by atoms with van der Waals surface area (Å²) < 4.78 is 6.94. The minimum Gasteiger partial charge on any atom is -0.493 e. The molecule has 2 unspecified atom stereocenters. The first-order valence-corrected chi connectivity index (χ1v) is 9.09. The molecule has 0 spiro atoms. The normalized spacial score (nSPS) is 31.8. The Hall–Kier alpha value is -0.540. The summed E-state index contributed by atoms with van der Waals surface area (Å²) in [6.45, 7) is 0.780. The lowest BCUT2D eigenvalue weighted by Gasteiger charge is -2.37. The number of benzene rings is 1. The Balaban J connectivity index is 1.57. The van der Waals surface area contributed by atoms with Crippen molar-refractivity contribution in [1.29, 1.82) is 0 Å². The van der Waals surface area contributed by atoms with Crippen molar-refractivity contribution >= 4 is 15.9 Å². The minimum absolute atomic E-state index is 0.522. The lowest BCUT2D eigenvalue weighted by Crippen LogP contribution is -2.38. The molecule has 114 valence electrons. The van der Waals surface area contributed by atoms with Crippen molar-refractivity contribution in [3.05, 3.63) is 27.7 Å². The molecule has 1 aliphatic heterocycles. The van der Waals surface area contributed by atoms with Crippen LogP contribution in [-0.4, -0.2) is 17.3 Å². The van der Waals surface area contributed by atoms with Crippen molar-refractivity contribution in [3.63, 3.8) is 0 Å². The molecule has 3 heteroatoms. The number of halogens is 1. The summed E-state index contributed by atoms with van der Waals surface area (Å²) in [5, 5.41) is 11.1. The predicted octanol–water partition coefficient (Wildman–Crippen LogP) is 4.26. The smallest absolute Gasteiger partial charge is 0.125 e. The van der Waals surface area contributed by atoms with Gasteiger partial charge >= 0.3 is 0 Å². The van der Waals surface area contributed by atoms with Crippen LogP contribution >= 0.6 is 15.9 Å². The quantitative estimate of drug-likeness (QED) is 0.882. The second kappa shape index (κ2) is 5.27. The van der Waals surface area contributed by atoms with E-state index in [1.165, 1.54) is 36.8 Å². The average molecular weight is 351 g/mol. The van der Waals surface area contributed by atoms with E-state index in [-0.39, 0.29) is 0 Å². The molecule has 0 saturated heterocycles. The van der Waals surface area contributed by atoms with Crippen LogP contribution in [0.4, 0.5) is 0 Å². The second-order valence-corrected chi connectivity index (χ2v) is 8.16. The number of hydrogen-bond acceptors (Lipinski definition) is 2. The Bertz CT molecular complexity index is 552. The topological polar surface area (TPSA) is 29.5 Å². The maximum atomic E-state index is 11.1. The summed E-state index contributed by atoms with van der Waals surface area (Å²) in [4.78, 5) is 0. The molecular formula is C18H23BrO2. The number of aliphatic hydroxyl groups is 1. The highest BCUT2D eigenvalue weighted by Crippen LogP contribution is 2.48. The fourth-order valence-corrected chi connectivity index (χ4v) is 4.90. The molecule has 1 heterocycles. The van der Waals surface area contributed by atoms with E-state index in [0.717, 1.165) is 54.3 Å². The molecule has 2 fully saturated rings. The summed E-state index contributed by atoms with van der Waals surface area (Å²) in [6.07, 6.45) is 8.93. The van der Waals surface area contributed by atoms with Gasteiger partial charge in [0.2, 0.25) is 0 Å². The standard InChI is InChI=1S/C18H23BrO2/c19-16-8-13-5-7-21-17(13)15(9-16)11-18(20)6-1-2-14(10-18)12-3-4-12/h8-9,12,14,20H,1-7,10-11H2. The van der Waals surface area contributed by atoms with Crippen molar-refractivity contribution in [2.45, 2.75) is 57.0 Å². The van der Waals surface area contributed by atoms with Gasteiger partial charge in [0.25, 0.3) is 0 Å². The van der Waals surface area contributed by atoms with Crippen LogP contribution in [0.2, 0.25) is 0 Å². The van der Waals surface area contributed by atoms with Gasteiger partial charge in [0.1, 0.15) is 5.75 Å². The SMILES string of the molecule is OC1(Cc2cc(Br)cc3c2OCC3)CCCC(C2CC2)C1. The average Bonchev–Trinajstić information content (AvgIpc) is 3.17. The molecule has 0 amide bonds. The molecule has 2 aliphatic carbocycles. The fourth-order valence-electron chi connectivity index (χ4n) is 4.35. The molecule has 0 aromatic heterocycles. The molecule has 0 radical (unpaired) electrons. The Labute approximate surface area is 135 Å². The Morgan fingerprint density at radius 1 is 1.24 bits per heavy atom. The van der Waals surface area contributed by atoms with E-state index in [0.29, 0.717) is 0 Å². The van der Waals surface area contributed by atoms with E-state index in [4.69, 9.17) is 4.74 Å². The van der Waals surface area contributed by atoms with Crippen molar-refractivity contribution in [3.8, 4) is 5.75 Å². The Morgan fingerprint density at radius 3 is 2.90 bits per heavy atom. The molecule has 1 aromatic rings. The molecule has 2 saturated carbocycles. The molecule has 2 nitrogen and oxygen atoms in total. The van der Waals surface area contributed by atoms with Crippen LogP contribution in [0.5, 0.6) is 5.75 Å². The van der Waals surface area contributed by atoms with Crippen LogP contribution in [-0.2, 0) is 12.8 Å². The van der Waals surface area contributed by atoms with Crippen LogP contribution in [0.15, 0.2) is 16.6 Å². The van der Waals surface area contributed by atoms with Crippen LogP contribution in [0, 0.1) is 11.8 Å². The highest BCUT2D eigenvalue weighted by Gasteiger charge is 2.41. The molecule has 3 aliphatic rings. The van der Waals surface area contributed by atoms with Gasteiger partial charge in [0.15, 0.2) is 0 Å². The van der Waals surface area contributed by atoms with E-state index in [2.05, 4.69) is 28.1 Å². The second-order valence-electron chi connectivity index (χ2n) is 7.25. The number of hydrogen-bond donors (Lipinski definition) is 1. The van der Waals surface area contributed by atoms with Crippen molar-refractivity contribution in [2.75, 3.05) is 6.61 Å². The number of rotatable bonds is 3.